The minimum absolute atomic E-state index is 0.0997. The van der Waals surface area contributed by atoms with Crippen LogP contribution in [0.15, 0.2) is 0 Å². The summed E-state index contributed by atoms with van der Waals surface area (Å²) in [5.41, 5.74) is 0. The van der Waals surface area contributed by atoms with Crippen LogP contribution in [0.2, 0.25) is 0 Å². The third kappa shape index (κ3) is 5.15. The van der Waals surface area contributed by atoms with Crippen LogP contribution in [0.5, 0.6) is 0 Å². The van der Waals surface area contributed by atoms with Gasteiger partial charge in [0.2, 0.25) is 17.7 Å². The molecule has 9 nitrogen and oxygen atoms in total. The first kappa shape index (κ1) is 14.6. The number of amides is 3. The van der Waals surface area contributed by atoms with Crippen LogP contribution >= 0.6 is 0 Å². The average Bonchev–Trinajstić information content (AvgIpc) is 2.62. The Morgan fingerprint density at radius 2 is 1.74 bits per heavy atom. The number of carboxylic acids is 1. The maximum absolute atomic E-state index is 11.4. The van der Waals surface area contributed by atoms with Gasteiger partial charge in [0, 0.05) is 0 Å². The summed E-state index contributed by atoms with van der Waals surface area (Å²) in [6, 6.07) is 0. The third-order valence-corrected chi connectivity index (χ3v) is 2.29. The van der Waals surface area contributed by atoms with Gasteiger partial charge in [-0.15, -0.1) is 0 Å². The van der Waals surface area contributed by atoms with Crippen molar-refractivity contribution < 1.29 is 29.1 Å². The van der Waals surface area contributed by atoms with Crippen molar-refractivity contribution >= 4 is 29.5 Å². The van der Waals surface area contributed by atoms with Gasteiger partial charge in [0.05, 0.1) is 19.5 Å². The summed E-state index contributed by atoms with van der Waals surface area (Å²) in [5, 5.41) is 12.6. The quantitative estimate of drug-likeness (QED) is 0.444. The monoisotopic (exact) mass is 271 g/mol. The highest BCUT2D eigenvalue weighted by Gasteiger charge is 2.28. The molecule has 0 radical (unpaired) electrons. The van der Waals surface area contributed by atoms with Crippen molar-refractivity contribution in [2.75, 3.05) is 26.2 Å². The first-order valence-corrected chi connectivity index (χ1v) is 5.43. The zero-order chi connectivity index (χ0) is 14.4. The Labute approximate surface area is 107 Å². The molecule has 0 aliphatic carbocycles. The predicted molar refractivity (Wildman–Crippen MR) is 59.9 cm³/mol. The van der Waals surface area contributed by atoms with Crippen molar-refractivity contribution in [3.05, 3.63) is 0 Å². The molecule has 1 aliphatic rings. The van der Waals surface area contributed by atoms with E-state index in [1.807, 2.05) is 0 Å². The van der Waals surface area contributed by atoms with E-state index in [0.29, 0.717) is 0 Å². The summed E-state index contributed by atoms with van der Waals surface area (Å²) in [4.78, 5) is 55.9. The fourth-order valence-corrected chi connectivity index (χ4v) is 1.43. The summed E-state index contributed by atoms with van der Waals surface area (Å²) in [7, 11) is 0. The number of Topliss-reactive ketones (excluding diaryl/α,β-unsaturated/α-hetero) is 1. The molecule has 104 valence electrons. The van der Waals surface area contributed by atoms with E-state index in [1.54, 1.807) is 0 Å². The van der Waals surface area contributed by atoms with Gasteiger partial charge >= 0.3 is 5.97 Å². The van der Waals surface area contributed by atoms with E-state index in [9.17, 15) is 24.0 Å². The number of hydrogen-bond acceptors (Lipinski definition) is 5. The van der Waals surface area contributed by atoms with Crippen LogP contribution in [-0.2, 0) is 24.0 Å². The Hall–Kier alpha value is -2.45. The number of carbonyl (C=O) groups excluding carboxylic acids is 4. The average molecular weight is 271 g/mol. The number of carbonyl (C=O) groups is 5. The van der Waals surface area contributed by atoms with Gasteiger partial charge in [0.25, 0.3) is 0 Å². The van der Waals surface area contributed by atoms with Gasteiger partial charge in [-0.05, 0) is 0 Å². The molecular formula is C10H13N3O6. The van der Waals surface area contributed by atoms with Gasteiger partial charge in [-0.2, -0.15) is 0 Å². The molecule has 1 heterocycles. The number of hydrogen-bond donors (Lipinski definition) is 3. The van der Waals surface area contributed by atoms with Gasteiger partial charge in [-0.25, -0.2) is 0 Å². The summed E-state index contributed by atoms with van der Waals surface area (Å²) in [6.45, 7) is -1.32. The molecule has 0 spiro atoms. The molecule has 1 saturated heterocycles. The topological polar surface area (TPSA) is 133 Å². The van der Waals surface area contributed by atoms with E-state index < -0.39 is 30.2 Å². The SMILES string of the molecule is O=C(O)CNC(=O)CNC(=O)CN1CC(=O)CC1=O. The van der Waals surface area contributed by atoms with Gasteiger partial charge in [-0.1, -0.05) is 0 Å². The molecule has 0 unspecified atom stereocenters. The number of carboxylic acid groups (broad SMARTS) is 1. The molecule has 1 fully saturated rings. The maximum Gasteiger partial charge on any atom is 0.322 e. The molecule has 1 aliphatic heterocycles. The molecular weight excluding hydrogens is 258 g/mol. The molecule has 0 saturated carbocycles. The van der Waals surface area contributed by atoms with E-state index in [1.165, 1.54) is 0 Å². The molecule has 0 atom stereocenters. The zero-order valence-corrected chi connectivity index (χ0v) is 9.97. The first-order valence-electron chi connectivity index (χ1n) is 5.43. The molecule has 3 N–H and O–H groups in total. The highest BCUT2D eigenvalue weighted by atomic mass is 16.4. The lowest BCUT2D eigenvalue weighted by molar-refractivity contribution is -0.138. The molecule has 0 bridgehead atoms. The predicted octanol–water partition coefficient (Wildman–Crippen LogP) is -2.90. The zero-order valence-electron chi connectivity index (χ0n) is 9.97. The van der Waals surface area contributed by atoms with E-state index in [2.05, 4.69) is 10.6 Å². The molecule has 0 aromatic rings. The second-order valence-corrected chi connectivity index (χ2v) is 3.91. The molecule has 1 rings (SSSR count). The number of rotatable bonds is 6. The van der Waals surface area contributed by atoms with Crippen LogP contribution in [0.25, 0.3) is 0 Å². The van der Waals surface area contributed by atoms with Gasteiger partial charge in [-0.3, -0.25) is 24.0 Å². The Bertz CT molecular complexity index is 433. The molecule has 0 aromatic carbocycles. The second-order valence-electron chi connectivity index (χ2n) is 3.91. The Kier molecular flexibility index (Phi) is 4.98. The lowest BCUT2D eigenvalue weighted by Gasteiger charge is -2.13. The molecule has 9 heteroatoms. The molecule has 3 amide bonds. The van der Waals surface area contributed by atoms with E-state index in [0.717, 1.165) is 4.90 Å². The van der Waals surface area contributed by atoms with Crippen LogP contribution in [0.3, 0.4) is 0 Å². The normalized spacial score (nSPS) is 14.4. The van der Waals surface area contributed by atoms with E-state index in [4.69, 9.17) is 5.11 Å². The Morgan fingerprint density at radius 3 is 2.26 bits per heavy atom. The smallest absolute Gasteiger partial charge is 0.322 e. The van der Waals surface area contributed by atoms with E-state index >= 15 is 0 Å². The standard InChI is InChI=1S/C10H13N3O6/c14-6-1-9(17)13(4-6)5-8(16)11-2-7(15)12-3-10(18)19/h1-5H2,(H,11,16)(H,12,15)(H,18,19). The lowest BCUT2D eigenvalue weighted by atomic mass is 10.3. The fourth-order valence-electron chi connectivity index (χ4n) is 1.43. The number of nitrogens with zero attached hydrogens (tertiary/aromatic N) is 1. The minimum Gasteiger partial charge on any atom is -0.480 e. The number of likely N-dealkylation sites (tertiary alicyclic amines) is 1. The Morgan fingerprint density at radius 1 is 1.11 bits per heavy atom. The number of aliphatic carboxylic acids is 1. The lowest BCUT2D eigenvalue weighted by Crippen LogP contribution is -2.43. The van der Waals surface area contributed by atoms with Crippen molar-refractivity contribution in [2.24, 2.45) is 0 Å². The van der Waals surface area contributed by atoms with Crippen LogP contribution in [0.4, 0.5) is 0 Å². The van der Waals surface area contributed by atoms with Gasteiger partial charge in [0.15, 0.2) is 5.78 Å². The highest BCUT2D eigenvalue weighted by Crippen LogP contribution is 2.04. The second kappa shape index (κ2) is 6.47. The van der Waals surface area contributed by atoms with E-state index in [-0.39, 0.29) is 31.8 Å². The van der Waals surface area contributed by atoms with Crippen molar-refractivity contribution in [1.29, 1.82) is 0 Å². The summed E-state index contributed by atoms with van der Waals surface area (Å²) < 4.78 is 0. The summed E-state index contributed by atoms with van der Waals surface area (Å²) >= 11 is 0. The third-order valence-electron chi connectivity index (χ3n) is 2.29. The first-order chi connectivity index (χ1) is 8.88. The van der Waals surface area contributed by atoms with Crippen molar-refractivity contribution in [1.82, 2.24) is 15.5 Å². The molecule has 19 heavy (non-hydrogen) atoms. The van der Waals surface area contributed by atoms with Crippen molar-refractivity contribution in [3.63, 3.8) is 0 Å². The minimum atomic E-state index is -1.19. The summed E-state index contributed by atoms with van der Waals surface area (Å²) in [6.07, 6.45) is -0.202. The number of nitrogens with one attached hydrogen (secondary N) is 2. The maximum atomic E-state index is 11.4. The van der Waals surface area contributed by atoms with Crippen LogP contribution in [-0.4, -0.2) is 65.7 Å². The Balaban J connectivity index is 2.24. The molecule has 0 aromatic heterocycles. The van der Waals surface area contributed by atoms with Crippen LogP contribution in [0.1, 0.15) is 6.42 Å². The van der Waals surface area contributed by atoms with Crippen molar-refractivity contribution in [2.45, 2.75) is 6.42 Å². The van der Waals surface area contributed by atoms with Crippen molar-refractivity contribution in [3.8, 4) is 0 Å². The van der Waals surface area contributed by atoms with Crippen LogP contribution < -0.4 is 10.6 Å². The van der Waals surface area contributed by atoms with Gasteiger partial charge < -0.3 is 20.6 Å². The van der Waals surface area contributed by atoms with Gasteiger partial charge in [0.1, 0.15) is 13.1 Å². The largest absolute Gasteiger partial charge is 0.480 e. The fraction of sp³-hybridized carbons (Fsp3) is 0.500. The highest BCUT2D eigenvalue weighted by molar-refractivity contribution is 6.06. The number of ketones is 1. The summed E-state index contributed by atoms with van der Waals surface area (Å²) in [5.74, 6) is -3.11. The van der Waals surface area contributed by atoms with Crippen LogP contribution in [0, 0.1) is 0 Å².